The van der Waals surface area contributed by atoms with Gasteiger partial charge in [0.2, 0.25) is 33.6 Å². The van der Waals surface area contributed by atoms with Crippen LogP contribution in [-0.2, 0) is 33.9 Å². The average Bonchev–Trinajstić information content (AvgIpc) is 4.06. The SMILES string of the molecule is COc1cc2ccccc2c(O[C@@H]2C[C@H]3C(=O)C[C@]4(C(=O)NS(=O)(=O)C5(CF)CC5)C[C@H]4/C=C\CC[C@H](C)C[C@@H](C)C(CC(=O)OC(C)(C)C(C)(F)F)C(=O)N3C2)n1. The molecule has 6 rings (SSSR count). The number of hydrogen-bond donors (Lipinski definition) is 1. The van der Waals surface area contributed by atoms with Crippen molar-refractivity contribution >= 4 is 44.4 Å². The largest absolute Gasteiger partial charge is 0.481 e. The summed E-state index contributed by atoms with van der Waals surface area (Å²) in [7, 11) is -2.93. The summed E-state index contributed by atoms with van der Waals surface area (Å²) in [6, 6.07) is 7.86. The summed E-state index contributed by atoms with van der Waals surface area (Å²) in [6.07, 6.45) is 3.98. The van der Waals surface area contributed by atoms with E-state index in [0.29, 0.717) is 31.6 Å². The van der Waals surface area contributed by atoms with Gasteiger partial charge in [-0.25, -0.2) is 21.6 Å². The van der Waals surface area contributed by atoms with Crippen LogP contribution in [0.3, 0.4) is 0 Å². The fourth-order valence-corrected chi connectivity index (χ4v) is 9.78. The molecular formula is C42H54F3N3O9S. The van der Waals surface area contributed by atoms with Gasteiger partial charge < -0.3 is 19.1 Å². The van der Waals surface area contributed by atoms with Crippen molar-refractivity contribution in [2.45, 2.75) is 121 Å². The van der Waals surface area contributed by atoms with Crippen molar-refractivity contribution in [2.75, 3.05) is 20.3 Å². The number of carbonyl (C=O) groups excluding carboxylic acids is 4. The van der Waals surface area contributed by atoms with Crippen LogP contribution >= 0.6 is 0 Å². The molecule has 4 aliphatic rings. The van der Waals surface area contributed by atoms with Crippen molar-refractivity contribution in [3.05, 3.63) is 42.5 Å². The second-order valence-corrected chi connectivity index (χ2v) is 19.6. The number of carbonyl (C=O) groups is 4. The smallest absolute Gasteiger partial charge is 0.307 e. The molecule has 2 saturated carbocycles. The fourth-order valence-electron chi connectivity index (χ4n) is 8.33. The molecule has 3 fully saturated rings. The number of pyridine rings is 1. The molecule has 2 aliphatic carbocycles. The molecule has 7 atom stereocenters. The molecular weight excluding hydrogens is 780 g/mol. The lowest BCUT2D eigenvalue weighted by Crippen LogP contribution is -2.49. The van der Waals surface area contributed by atoms with Gasteiger partial charge in [-0.2, -0.15) is 4.98 Å². The molecule has 3 heterocycles. The minimum Gasteiger partial charge on any atom is -0.481 e. The Bertz CT molecular complexity index is 2070. The first kappa shape index (κ1) is 43.4. The molecule has 1 saturated heterocycles. The molecule has 16 heteroatoms. The number of fused-ring (bicyclic) bond motifs is 3. The zero-order valence-electron chi connectivity index (χ0n) is 33.9. The number of Topliss-reactive ketones (excluding diaryl/α,β-unsaturated/α-hetero) is 1. The molecule has 1 N–H and O–H groups in total. The molecule has 1 aromatic carbocycles. The Labute approximate surface area is 337 Å². The van der Waals surface area contributed by atoms with Crippen LogP contribution in [-0.4, -0.2) is 90.6 Å². The number of amides is 2. The molecule has 0 bridgehead atoms. The minimum atomic E-state index is -4.39. The summed E-state index contributed by atoms with van der Waals surface area (Å²) in [5, 5.41) is 1.41. The third-order valence-corrected chi connectivity index (χ3v) is 14.9. The highest BCUT2D eigenvalue weighted by molar-refractivity contribution is 7.91. The second-order valence-electron chi connectivity index (χ2n) is 17.5. The van der Waals surface area contributed by atoms with Crippen molar-refractivity contribution in [3.63, 3.8) is 0 Å². The van der Waals surface area contributed by atoms with E-state index < -0.39 is 105 Å². The molecule has 1 unspecified atom stereocenters. The topological polar surface area (TPSA) is 158 Å². The lowest BCUT2D eigenvalue weighted by Gasteiger charge is -2.34. The highest BCUT2D eigenvalue weighted by Crippen LogP contribution is 2.58. The quantitative estimate of drug-likeness (QED) is 0.196. The molecule has 0 radical (unpaired) electrons. The average molecular weight is 834 g/mol. The predicted molar refractivity (Wildman–Crippen MR) is 208 cm³/mol. The molecule has 0 spiro atoms. The number of nitrogens with one attached hydrogen (secondary N) is 1. The number of ether oxygens (including phenoxy) is 3. The van der Waals surface area contributed by atoms with Crippen LogP contribution in [0.4, 0.5) is 13.2 Å². The number of hydrogen-bond acceptors (Lipinski definition) is 10. The Morgan fingerprint density at radius 2 is 1.79 bits per heavy atom. The van der Waals surface area contributed by atoms with E-state index in [0.717, 1.165) is 19.2 Å². The summed E-state index contributed by atoms with van der Waals surface area (Å²) < 4.78 is 86.8. The van der Waals surface area contributed by atoms with Crippen molar-refractivity contribution in [3.8, 4) is 11.8 Å². The third kappa shape index (κ3) is 8.72. The van der Waals surface area contributed by atoms with E-state index in [2.05, 4.69) is 9.71 Å². The number of alkyl halides is 3. The zero-order valence-corrected chi connectivity index (χ0v) is 34.7. The zero-order chi connectivity index (χ0) is 42.4. The van der Waals surface area contributed by atoms with Gasteiger partial charge in [0.25, 0.3) is 5.92 Å². The van der Waals surface area contributed by atoms with Crippen molar-refractivity contribution in [2.24, 2.45) is 29.1 Å². The summed E-state index contributed by atoms with van der Waals surface area (Å²) >= 11 is 0. The van der Waals surface area contributed by atoms with Crippen LogP contribution in [0.2, 0.25) is 0 Å². The van der Waals surface area contributed by atoms with E-state index in [4.69, 9.17) is 14.2 Å². The Hall–Kier alpha value is -4.21. The Morgan fingerprint density at radius 3 is 2.45 bits per heavy atom. The van der Waals surface area contributed by atoms with Crippen molar-refractivity contribution in [1.29, 1.82) is 0 Å². The van der Waals surface area contributed by atoms with E-state index in [1.807, 2.05) is 38.1 Å². The van der Waals surface area contributed by atoms with Crippen LogP contribution in [0.5, 0.6) is 11.8 Å². The van der Waals surface area contributed by atoms with E-state index in [-0.39, 0.29) is 49.9 Å². The maximum Gasteiger partial charge on any atom is 0.307 e. The number of nitrogens with zero attached hydrogens (tertiary/aromatic N) is 2. The monoisotopic (exact) mass is 833 g/mol. The lowest BCUT2D eigenvalue weighted by atomic mass is 9.82. The summed E-state index contributed by atoms with van der Waals surface area (Å²) in [5.41, 5.74) is -3.63. The molecule has 2 aliphatic heterocycles. The summed E-state index contributed by atoms with van der Waals surface area (Å²) in [4.78, 5) is 62.8. The number of benzene rings is 1. The second kappa shape index (κ2) is 16.1. The van der Waals surface area contributed by atoms with Crippen LogP contribution in [0.1, 0.15) is 92.4 Å². The highest BCUT2D eigenvalue weighted by Gasteiger charge is 2.63. The molecule has 12 nitrogen and oxygen atoms in total. The number of esters is 1. The first-order chi connectivity index (χ1) is 27.2. The Morgan fingerprint density at radius 1 is 1.09 bits per heavy atom. The van der Waals surface area contributed by atoms with Gasteiger partial charge in [-0.05, 0) is 81.6 Å². The maximum atomic E-state index is 14.9. The molecule has 318 valence electrons. The molecule has 2 aromatic rings. The fraction of sp³-hybridized carbons (Fsp3) is 0.643. The van der Waals surface area contributed by atoms with Crippen LogP contribution < -0.4 is 14.2 Å². The number of sulfonamides is 1. The van der Waals surface area contributed by atoms with E-state index in [1.165, 1.54) is 12.0 Å². The number of methoxy groups -OCH3 is 1. The first-order valence-electron chi connectivity index (χ1n) is 20.0. The van der Waals surface area contributed by atoms with Crippen LogP contribution in [0.15, 0.2) is 42.5 Å². The Balaban J connectivity index is 1.36. The summed E-state index contributed by atoms with van der Waals surface area (Å²) in [6.45, 7) is 5.38. The van der Waals surface area contributed by atoms with Crippen LogP contribution in [0.25, 0.3) is 10.8 Å². The van der Waals surface area contributed by atoms with Gasteiger partial charge >= 0.3 is 5.97 Å². The Kier molecular flexibility index (Phi) is 12.0. The van der Waals surface area contributed by atoms with Crippen LogP contribution in [0, 0.1) is 29.1 Å². The number of aromatic nitrogens is 1. The highest BCUT2D eigenvalue weighted by atomic mass is 32.2. The standard InChI is InChI=1S/C42H54F3N3O9S/c1-25-11-7-9-13-28-21-42(28,38(52)47-58(53,54)41(24-43)15-16-41)22-33(49)32-19-29(56-36-30-14-10-8-12-27(30)18-34(46-36)55-6)23-48(32)37(51)31(26(2)17-25)20-35(50)57-39(3,4)40(5,44)45/h8-10,12-14,18,25-26,28-29,31-32H,7,11,15-17,19-24H2,1-6H3,(H,47,52)/b13-9-/t25-,26+,28+,29+,31?,32-,42+/m0/s1. The van der Waals surface area contributed by atoms with Gasteiger partial charge in [0, 0.05) is 31.2 Å². The normalized spacial score (nSPS) is 29.6. The van der Waals surface area contributed by atoms with E-state index >= 15 is 0 Å². The van der Waals surface area contributed by atoms with Gasteiger partial charge in [0.05, 0.1) is 37.5 Å². The van der Waals surface area contributed by atoms with Gasteiger partial charge in [-0.3, -0.25) is 23.9 Å². The van der Waals surface area contributed by atoms with E-state index in [9.17, 15) is 40.8 Å². The van der Waals surface area contributed by atoms with Gasteiger partial charge in [0.15, 0.2) is 11.4 Å². The van der Waals surface area contributed by atoms with Crippen molar-refractivity contribution in [1.82, 2.24) is 14.6 Å². The van der Waals surface area contributed by atoms with Gasteiger partial charge in [0.1, 0.15) is 17.5 Å². The minimum absolute atomic E-state index is 0.0315. The van der Waals surface area contributed by atoms with E-state index in [1.54, 1.807) is 18.2 Å². The number of halogens is 3. The molecule has 1 aromatic heterocycles. The molecule has 58 heavy (non-hydrogen) atoms. The number of rotatable bonds is 11. The third-order valence-electron chi connectivity index (χ3n) is 12.8. The van der Waals surface area contributed by atoms with Crippen molar-refractivity contribution < 1.29 is 55.0 Å². The molecule has 2 amide bonds. The predicted octanol–water partition coefficient (Wildman–Crippen LogP) is 6.50. The lowest BCUT2D eigenvalue weighted by molar-refractivity contribution is -0.197. The maximum absolute atomic E-state index is 14.9. The van der Waals surface area contributed by atoms with Gasteiger partial charge in [-0.1, -0.05) is 44.2 Å². The number of ketones is 1. The van der Waals surface area contributed by atoms with Gasteiger partial charge in [-0.15, -0.1) is 0 Å². The first-order valence-corrected chi connectivity index (χ1v) is 21.5. The number of allylic oxidation sites excluding steroid dienone is 2. The summed E-state index contributed by atoms with van der Waals surface area (Å²) in [5.74, 6) is -7.88.